The van der Waals surface area contributed by atoms with E-state index in [1.54, 1.807) is 11.0 Å². The lowest BCUT2D eigenvalue weighted by atomic mass is 10.00. The lowest BCUT2D eigenvalue weighted by Gasteiger charge is -2.30. The Bertz CT molecular complexity index is 1070. The number of aryl methyl sites for hydroxylation is 1. The Morgan fingerprint density at radius 3 is 2.88 bits per heavy atom. The van der Waals surface area contributed by atoms with Gasteiger partial charge in [-0.3, -0.25) is 14.2 Å². The van der Waals surface area contributed by atoms with Crippen LogP contribution >= 0.6 is 0 Å². The normalized spacial score (nSPS) is 13.7. The van der Waals surface area contributed by atoms with Crippen molar-refractivity contribution in [3.05, 3.63) is 64.2 Å². The molecule has 0 unspecified atom stereocenters. The standard InChI is InChI=1S/C20H20N4O2/c1-13-5-2-6-15-19(13)22-12-23(20(15)26)11-18(25)24-10-4-7-14-16(21)8-3-9-17(14)24/h2-3,5-6,8-9,12H,4,7,10-11,21H2,1H3. The van der Waals surface area contributed by atoms with Crippen molar-refractivity contribution in [3.8, 4) is 0 Å². The summed E-state index contributed by atoms with van der Waals surface area (Å²) in [6, 6.07) is 11.1. The number of amides is 1. The number of carbonyl (C=O) groups excluding carboxylic acids is 1. The van der Waals surface area contributed by atoms with Gasteiger partial charge in [0.2, 0.25) is 5.91 Å². The van der Waals surface area contributed by atoms with Gasteiger partial charge >= 0.3 is 0 Å². The lowest BCUT2D eigenvalue weighted by Crippen LogP contribution is -2.39. The number of aromatic nitrogens is 2. The summed E-state index contributed by atoms with van der Waals surface area (Å²) < 4.78 is 1.38. The van der Waals surface area contributed by atoms with E-state index in [-0.39, 0.29) is 18.0 Å². The Hall–Kier alpha value is -3.15. The first-order valence-electron chi connectivity index (χ1n) is 8.69. The molecule has 0 saturated carbocycles. The second kappa shape index (κ2) is 6.29. The van der Waals surface area contributed by atoms with Crippen molar-refractivity contribution >= 4 is 28.2 Å². The second-order valence-corrected chi connectivity index (χ2v) is 6.64. The Morgan fingerprint density at radius 2 is 2.04 bits per heavy atom. The van der Waals surface area contributed by atoms with E-state index in [0.29, 0.717) is 23.1 Å². The van der Waals surface area contributed by atoms with Crippen LogP contribution in [-0.4, -0.2) is 22.0 Å². The highest BCUT2D eigenvalue weighted by molar-refractivity contribution is 5.95. The van der Waals surface area contributed by atoms with E-state index in [1.807, 2.05) is 37.3 Å². The molecule has 4 rings (SSSR count). The molecular weight excluding hydrogens is 328 g/mol. The highest BCUT2D eigenvalue weighted by Crippen LogP contribution is 2.31. The van der Waals surface area contributed by atoms with Gasteiger partial charge < -0.3 is 10.6 Å². The predicted molar refractivity (Wildman–Crippen MR) is 102 cm³/mol. The zero-order chi connectivity index (χ0) is 18.3. The number of nitrogens with zero attached hydrogens (tertiary/aromatic N) is 3. The van der Waals surface area contributed by atoms with E-state index in [2.05, 4.69) is 4.98 Å². The molecule has 1 amide bonds. The molecule has 0 aliphatic carbocycles. The number of anilines is 2. The summed E-state index contributed by atoms with van der Waals surface area (Å²) in [6.07, 6.45) is 3.18. The predicted octanol–water partition coefficient (Wildman–Crippen LogP) is 2.27. The zero-order valence-corrected chi connectivity index (χ0v) is 14.6. The van der Waals surface area contributed by atoms with Crippen LogP contribution in [0.15, 0.2) is 47.5 Å². The quantitative estimate of drug-likeness (QED) is 0.720. The Balaban J connectivity index is 1.68. The molecule has 0 spiro atoms. The van der Waals surface area contributed by atoms with E-state index >= 15 is 0 Å². The molecule has 1 aromatic heterocycles. The molecule has 0 radical (unpaired) electrons. The zero-order valence-electron chi connectivity index (χ0n) is 14.6. The smallest absolute Gasteiger partial charge is 0.261 e. The van der Waals surface area contributed by atoms with Gasteiger partial charge in [-0.1, -0.05) is 18.2 Å². The van der Waals surface area contributed by atoms with Gasteiger partial charge in [0.1, 0.15) is 6.54 Å². The Labute approximate surface area is 150 Å². The minimum atomic E-state index is -0.197. The van der Waals surface area contributed by atoms with Crippen molar-refractivity contribution in [1.29, 1.82) is 0 Å². The third-order valence-electron chi connectivity index (χ3n) is 4.95. The van der Waals surface area contributed by atoms with Crippen molar-refractivity contribution in [3.63, 3.8) is 0 Å². The maximum Gasteiger partial charge on any atom is 0.261 e. The molecular formula is C20H20N4O2. The monoisotopic (exact) mass is 348 g/mol. The van der Waals surface area contributed by atoms with Gasteiger partial charge in [0.05, 0.1) is 17.2 Å². The summed E-state index contributed by atoms with van der Waals surface area (Å²) >= 11 is 0. The number of fused-ring (bicyclic) bond motifs is 2. The number of benzene rings is 2. The first-order valence-corrected chi connectivity index (χ1v) is 8.69. The number of nitrogen functional groups attached to an aromatic ring is 1. The number of hydrogen-bond acceptors (Lipinski definition) is 4. The second-order valence-electron chi connectivity index (χ2n) is 6.64. The van der Waals surface area contributed by atoms with Gasteiger partial charge in [0.15, 0.2) is 0 Å². The lowest BCUT2D eigenvalue weighted by molar-refractivity contribution is -0.119. The third-order valence-corrected chi connectivity index (χ3v) is 4.95. The SMILES string of the molecule is Cc1cccc2c(=O)n(CC(=O)N3CCCc4c(N)cccc43)cnc12. The van der Waals surface area contributed by atoms with E-state index in [9.17, 15) is 9.59 Å². The van der Waals surface area contributed by atoms with E-state index in [4.69, 9.17) is 5.73 Å². The molecule has 2 aromatic carbocycles. The number of para-hydroxylation sites is 1. The fraction of sp³-hybridized carbons (Fsp3) is 0.250. The van der Waals surface area contributed by atoms with Crippen LogP contribution in [0.1, 0.15) is 17.5 Å². The van der Waals surface area contributed by atoms with Crippen molar-refractivity contribution in [1.82, 2.24) is 9.55 Å². The van der Waals surface area contributed by atoms with Crippen LogP contribution in [0.5, 0.6) is 0 Å². The number of nitrogens with two attached hydrogens (primary N) is 1. The third kappa shape index (κ3) is 2.63. The van der Waals surface area contributed by atoms with Gasteiger partial charge in [-0.15, -0.1) is 0 Å². The molecule has 132 valence electrons. The minimum Gasteiger partial charge on any atom is -0.398 e. The Kier molecular flexibility index (Phi) is 3.95. The van der Waals surface area contributed by atoms with Crippen LogP contribution in [0.2, 0.25) is 0 Å². The van der Waals surface area contributed by atoms with Crippen molar-refractivity contribution in [2.45, 2.75) is 26.3 Å². The first kappa shape index (κ1) is 16.3. The highest BCUT2D eigenvalue weighted by atomic mass is 16.2. The van der Waals surface area contributed by atoms with Gasteiger partial charge in [0, 0.05) is 17.9 Å². The molecule has 26 heavy (non-hydrogen) atoms. The molecule has 0 saturated heterocycles. The van der Waals surface area contributed by atoms with Crippen LogP contribution in [0.25, 0.3) is 10.9 Å². The Morgan fingerprint density at radius 1 is 1.23 bits per heavy atom. The topological polar surface area (TPSA) is 81.2 Å². The maximum atomic E-state index is 12.9. The van der Waals surface area contributed by atoms with Crippen LogP contribution in [0.3, 0.4) is 0 Å². The van der Waals surface area contributed by atoms with E-state index < -0.39 is 0 Å². The van der Waals surface area contributed by atoms with E-state index in [1.165, 1.54) is 10.9 Å². The van der Waals surface area contributed by atoms with Gasteiger partial charge in [-0.25, -0.2) is 4.98 Å². The van der Waals surface area contributed by atoms with Crippen LogP contribution in [0, 0.1) is 6.92 Å². The summed E-state index contributed by atoms with van der Waals surface area (Å²) in [5.74, 6) is -0.132. The molecule has 2 N–H and O–H groups in total. The summed E-state index contributed by atoms with van der Waals surface area (Å²) in [5.41, 5.74) is 10.0. The minimum absolute atomic E-state index is 0.0377. The van der Waals surface area contributed by atoms with Gasteiger partial charge in [-0.2, -0.15) is 0 Å². The number of carbonyl (C=O) groups is 1. The molecule has 2 heterocycles. The molecule has 1 aliphatic heterocycles. The van der Waals surface area contributed by atoms with Crippen molar-refractivity contribution in [2.24, 2.45) is 0 Å². The molecule has 0 fully saturated rings. The van der Waals surface area contributed by atoms with Gasteiger partial charge in [-0.05, 0) is 49.1 Å². The number of rotatable bonds is 2. The summed E-state index contributed by atoms with van der Waals surface area (Å²) in [5, 5.41) is 0.531. The first-order chi connectivity index (χ1) is 12.6. The molecule has 6 nitrogen and oxygen atoms in total. The van der Waals surface area contributed by atoms with Crippen LogP contribution in [-0.2, 0) is 17.8 Å². The fourth-order valence-corrected chi connectivity index (χ4v) is 3.59. The van der Waals surface area contributed by atoms with Crippen molar-refractivity contribution in [2.75, 3.05) is 17.2 Å². The molecule has 0 atom stereocenters. The average molecular weight is 348 g/mol. The molecule has 0 bridgehead atoms. The highest BCUT2D eigenvalue weighted by Gasteiger charge is 2.24. The fourth-order valence-electron chi connectivity index (χ4n) is 3.59. The van der Waals surface area contributed by atoms with Crippen LogP contribution in [0.4, 0.5) is 11.4 Å². The van der Waals surface area contributed by atoms with Gasteiger partial charge in [0.25, 0.3) is 5.56 Å². The molecule has 1 aliphatic rings. The number of hydrogen-bond donors (Lipinski definition) is 1. The molecule has 6 heteroatoms. The summed E-state index contributed by atoms with van der Waals surface area (Å²) in [7, 11) is 0. The van der Waals surface area contributed by atoms with Crippen LogP contribution < -0.4 is 16.2 Å². The summed E-state index contributed by atoms with van der Waals surface area (Å²) in [6.45, 7) is 2.51. The molecule has 3 aromatic rings. The average Bonchev–Trinajstić information content (AvgIpc) is 2.64. The maximum absolute atomic E-state index is 12.9. The van der Waals surface area contributed by atoms with E-state index in [0.717, 1.165) is 29.7 Å². The largest absolute Gasteiger partial charge is 0.398 e. The summed E-state index contributed by atoms with van der Waals surface area (Å²) in [4.78, 5) is 31.7. The van der Waals surface area contributed by atoms with Crippen molar-refractivity contribution < 1.29 is 4.79 Å².